The summed E-state index contributed by atoms with van der Waals surface area (Å²) in [6.07, 6.45) is 0. The minimum Gasteiger partial charge on any atom is -0.310 e. The summed E-state index contributed by atoms with van der Waals surface area (Å²) in [6.45, 7) is 24.3. The minimum atomic E-state index is -0.687. The molecule has 0 radical (unpaired) electrons. The van der Waals surface area contributed by atoms with Crippen molar-refractivity contribution in [1.29, 1.82) is 0 Å². The van der Waals surface area contributed by atoms with Gasteiger partial charge in [0.15, 0.2) is 0 Å². The molecule has 0 bridgehead atoms. The summed E-state index contributed by atoms with van der Waals surface area (Å²) in [5.41, 5.74) is 50.8. The predicted octanol–water partition coefficient (Wildman–Crippen LogP) is 31.6. The van der Waals surface area contributed by atoms with Crippen molar-refractivity contribution in [2.24, 2.45) is 0 Å². The Labute approximate surface area is 751 Å². The fraction of sp³-hybridized carbons (Fsp3) is 0.143. The van der Waals surface area contributed by atoms with E-state index in [9.17, 15) is 0 Å². The molecular weight excluding hydrogens is 1540 g/mol. The van der Waals surface area contributed by atoms with Crippen LogP contribution in [0.5, 0.6) is 0 Å². The van der Waals surface area contributed by atoms with E-state index in [-0.39, 0.29) is 27.1 Å². The van der Waals surface area contributed by atoms with E-state index >= 15 is 0 Å². The van der Waals surface area contributed by atoms with Crippen molar-refractivity contribution in [2.75, 3.05) is 9.80 Å². The molecule has 128 heavy (non-hydrogen) atoms. The van der Waals surface area contributed by atoms with Crippen LogP contribution in [0.15, 0.2) is 400 Å². The monoisotopic (exact) mass is 1640 g/mol. The summed E-state index contributed by atoms with van der Waals surface area (Å²) in [5, 5.41) is 0. The van der Waals surface area contributed by atoms with E-state index in [1.165, 1.54) is 200 Å². The molecule has 26 rings (SSSR count). The molecule has 18 aromatic carbocycles. The molecule has 0 saturated carbocycles. The van der Waals surface area contributed by atoms with Gasteiger partial charge in [-0.2, -0.15) is 0 Å². The Kier molecular flexibility index (Phi) is 15.3. The van der Waals surface area contributed by atoms with Crippen LogP contribution in [0.25, 0.3) is 77.9 Å². The molecule has 0 atom stereocenters. The number of benzene rings is 18. The number of anilines is 6. The van der Waals surface area contributed by atoms with Gasteiger partial charge in [0.25, 0.3) is 0 Å². The molecule has 0 aromatic heterocycles. The maximum Gasteiger partial charge on any atom is 0.0720 e. The average Bonchev–Trinajstić information content (AvgIpc) is 1.38. The Morgan fingerprint density at radius 1 is 0.133 bits per heavy atom. The maximum absolute atomic E-state index is 2.59. The van der Waals surface area contributed by atoms with Crippen LogP contribution in [0.4, 0.5) is 34.1 Å². The molecule has 0 unspecified atom stereocenters. The first-order valence-corrected chi connectivity index (χ1v) is 45.9. The first-order chi connectivity index (χ1) is 62.2. The highest BCUT2D eigenvalue weighted by atomic mass is 15.2. The summed E-state index contributed by atoms with van der Waals surface area (Å²) < 4.78 is 0. The molecule has 0 fully saturated rings. The van der Waals surface area contributed by atoms with Crippen LogP contribution < -0.4 is 9.80 Å². The Balaban J connectivity index is 0.589. The largest absolute Gasteiger partial charge is 0.310 e. The Bertz CT molecular complexity index is 7720. The molecule has 2 nitrogen and oxygen atoms in total. The standard InChI is InChI=1S/C126H96N2/c1-119(2)99-41-21-17-37-87(99)93-63-55-81(71-113(93)119)127(85-59-67-97-89-39-19-23-43-101(89)125(117(97)75-85)105-47-27-25-45-103(105)121(5,6)104-46-26-28-48-106(104)125)83-57-65-95-91-61-53-77(69-111(91)122(7,8)115(95)73-83)78-54-62-92-96-66-58-84(74-116(96)123(9,10)112(92)70-78)128(82-56-64-94-88-38-18-22-42-100(88)120(3,4)114(94)72-82)86-60-68-98-90-40-20-24-44-102(90)126(118(98)76-86)109-51-31-29-49-107(109)124(79-33-13-11-14-34-79,80-35-15-12-16-36-80)108-50-30-32-52-110(108)126/h11-76H,1-10H3. The van der Waals surface area contributed by atoms with E-state index in [1.807, 2.05) is 0 Å². The van der Waals surface area contributed by atoms with Crippen molar-refractivity contribution in [2.45, 2.75) is 113 Å². The summed E-state index contributed by atoms with van der Waals surface area (Å²) in [6, 6.07) is 156. The molecule has 18 aromatic rings. The SMILES string of the molecule is CC1(C)c2ccccc2-c2ccc(N(c3ccc4c(c3)C(C)(C)c3cc(-c5ccc6c(c5)C(C)(C)c5cc(N(c7ccc8c(c7)C(C)(C)c7ccccc7-8)c7ccc8c(c7)C7(c9ccccc9-8)c8ccccc8C(c8ccccc8)(c8ccccc8)c8ccccc87)ccc5-6)ccc3-4)c3ccc4c(c3)C3(c5ccccc5-4)c4ccccc4C(C)(C)c4ccccc43)cc21. The van der Waals surface area contributed by atoms with Crippen molar-refractivity contribution >= 4 is 34.1 Å². The van der Waals surface area contributed by atoms with Crippen LogP contribution in [0.1, 0.15) is 192 Å². The van der Waals surface area contributed by atoms with E-state index < -0.39 is 16.2 Å². The third-order valence-corrected chi connectivity index (χ3v) is 32.3. The average molecular weight is 1640 g/mol. The van der Waals surface area contributed by atoms with Gasteiger partial charge in [0.2, 0.25) is 0 Å². The van der Waals surface area contributed by atoms with Crippen LogP contribution in [-0.2, 0) is 43.3 Å². The highest BCUT2D eigenvalue weighted by Gasteiger charge is 2.58. The van der Waals surface area contributed by atoms with Crippen molar-refractivity contribution < 1.29 is 0 Å². The molecule has 0 aliphatic heterocycles. The molecule has 0 N–H and O–H groups in total. The third kappa shape index (κ3) is 9.57. The van der Waals surface area contributed by atoms with E-state index in [4.69, 9.17) is 0 Å². The number of hydrogen-bond acceptors (Lipinski definition) is 2. The number of hydrogen-bond donors (Lipinski definition) is 0. The summed E-state index contributed by atoms with van der Waals surface area (Å²) in [5.74, 6) is 0. The second-order valence-electron chi connectivity index (χ2n) is 40.0. The molecule has 8 aliphatic rings. The number of fused-ring (bicyclic) bond motifs is 30. The molecular formula is C126H96N2. The smallest absolute Gasteiger partial charge is 0.0720 e. The van der Waals surface area contributed by atoms with Gasteiger partial charge in [-0.1, -0.05) is 385 Å². The summed E-state index contributed by atoms with van der Waals surface area (Å²) in [4.78, 5) is 5.18. The Morgan fingerprint density at radius 2 is 0.320 bits per heavy atom. The van der Waals surface area contributed by atoms with Gasteiger partial charge in [0.1, 0.15) is 0 Å². The lowest BCUT2D eigenvalue weighted by Crippen LogP contribution is -2.44. The second kappa shape index (κ2) is 26.1. The van der Waals surface area contributed by atoms with Crippen molar-refractivity contribution in [3.63, 3.8) is 0 Å². The van der Waals surface area contributed by atoms with E-state index in [1.54, 1.807) is 0 Å². The fourth-order valence-corrected chi connectivity index (χ4v) is 26.3. The zero-order chi connectivity index (χ0) is 86.1. The van der Waals surface area contributed by atoms with Crippen molar-refractivity contribution in [3.05, 3.63) is 523 Å². The number of nitrogens with zero attached hydrogens (tertiary/aromatic N) is 2. The Morgan fingerprint density at radius 3 is 0.625 bits per heavy atom. The molecule has 0 amide bonds. The van der Waals surface area contributed by atoms with Crippen molar-refractivity contribution in [1.82, 2.24) is 0 Å². The molecule has 2 heteroatoms. The molecule has 610 valence electrons. The van der Waals surface area contributed by atoms with Crippen LogP contribution in [-0.4, -0.2) is 0 Å². The first kappa shape index (κ1) is 74.9. The van der Waals surface area contributed by atoms with Crippen LogP contribution in [0, 0.1) is 0 Å². The highest BCUT2D eigenvalue weighted by molar-refractivity contribution is 5.98. The van der Waals surface area contributed by atoms with Gasteiger partial charge in [-0.05, 0) is 285 Å². The summed E-state index contributed by atoms with van der Waals surface area (Å²) >= 11 is 0. The van der Waals surface area contributed by atoms with Gasteiger partial charge in [0, 0.05) is 61.2 Å². The quantitative estimate of drug-likeness (QED) is 0.142. The van der Waals surface area contributed by atoms with Crippen molar-refractivity contribution in [3.8, 4) is 77.9 Å². The zero-order valence-electron chi connectivity index (χ0n) is 74.0. The molecule has 8 aliphatic carbocycles. The van der Waals surface area contributed by atoms with E-state index in [0.29, 0.717) is 0 Å². The first-order valence-electron chi connectivity index (χ1n) is 45.9. The lowest BCUT2D eigenvalue weighted by Gasteiger charge is -2.50. The predicted molar refractivity (Wildman–Crippen MR) is 530 cm³/mol. The second-order valence-corrected chi connectivity index (χ2v) is 40.0. The van der Waals surface area contributed by atoms with Gasteiger partial charge in [-0.25, -0.2) is 0 Å². The minimum absolute atomic E-state index is 0.204. The van der Waals surface area contributed by atoms with Crippen LogP contribution >= 0.6 is 0 Å². The third-order valence-electron chi connectivity index (χ3n) is 32.3. The van der Waals surface area contributed by atoms with Crippen LogP contribution in [0.3, 0.4) is 0 Å². The Hall–Kier alpha value is -14.4. The molecule has 0 heterocycles. The van der Waals surface area contributed by atoms with Gasteiger partial charge >= 0.3 is 0 Å². The van der Waals surface area contributed by atoms with Gasteiger partial charge in [-0.15, -0.1) is 0 Å². The van der Waals surface area contributed by atoms with E-state index in [0.717, 1.165) is 34.1 Å². The zero-order valence-corrected chi connectivity index (χ0v) is 74.0. The molecule has 0 saturated heterocycles. The van der Waals surface area contributed by atoms with Gasteiger partial charge in [0.05, 0.1) is 16.2 Å². The van der Waals surface area contributed by atoms with Gasteiger partial charge < -0.3 is 9.80 Å². The van der Waals surface area contributed by atoms with Crippen LogP contribution in [0.2, 0.25) is 0 Å². The van der Waals surface area contributed by atoms with Gasteiger partial charge in [-0.3, -0.25) is 0 Å². The molecule has 2 spiro atoms. The normalized spacial score (nSPS) is 16.5. The highest BCUT2D eigenvalue weighted by Crippen LogP contribution is 2.68. The maximum atomic E-state index is 2.59. The topological polar surface area (TPSA) is 6.48 Å². The lowest BCUT2D eigenvalue weighted by atomic mass is 9.51. The fourth-order valence-electron chi connectivity index (χ4n) is 26.3. The number of rotatable bonds is 9. The lowest BCUT2D eigenvalue weighted by molar-refractivity contribution is 0.563. The summed E-state index contributed by atoms with van der Waals surface area (Å²) in [7, 11) is 0. The van der Waals surface area contributed by atoms with E-state index in [2.05, 4.69) is 479 Å².